The minimum atomic E-state index is -0.527. The first kappa shape index (κ1) is 17.3. The summed E-state index contributed by atoms with van der Waals surface area (Å²) >= 11 is 0. The van der Waals surface area contributed by atoms with E-state index in [1.54, 1.807) is 0 Å². The van der Waals surface area contributed by atoms with Crippen LogP contribution in [0.15, 0.2) is 30.3 Å². The first-order chi connectivity index (χ1) is 13.0. The SMILES string of the molecule is CCOC(=O)C1(C)CCN(c2cc(C)c(C#N)c3nc4ccccc4n23)C1. The molecule has 1 fully saturated rings. The molecular formula is C21H22N4O2. The number of esters is 1. The number of benzene rings is 1. The van der Waals surface area contributed by atoms with E-state index >= 15 is 0 Å². The molecule has 0 bridgehead atoms. The van der Waals surface area contributed by atoms with Crippen molar-refractivity contribution >= 4 is 28.5 Å². The normalized spacial score (nSPS) is 19.6. The van der Waals surface area contributed by atoms with E-state index in [-0.39, 0.29) is 5.97 Å². The number of hydrogen-bond donors (Lipinski definition) is 0. The predicted octanol–water partition coefficient (Wildman–Crippen LogP) is 3.45. The van der Waals surface area contributed by atoms with Gasteiger partial charge in [-0.05, 0) is 51.0 Å². The molecule has 6 nitrogen and oxygen atoms in total. The summed E-state index contributed by atoms with van der Waals surface area (Å²) in [5, 5.41) is 9.63. The smallest absolute Gasteiger partial charge is 0.313 e. The summed E-state index contributed by atoms with van der Waals surface area (Å²) in [6, 6.07) is 12.2. The van der Waals surface area contributed by atoms with Crippen LogP contribution in [0.4, 0.5) is 5.82 Å². The van der Waals surface area contributed by atoms with Crippen LogP contribution in [0.1, 0.15) is 31.4 Å². The van der Waals surface area contributed by atoms with Crippen molar-refractivity contribution in [1.82, 2.24) is 9.38 Å². The number of nitriles is 1. The number of carbonyl (C=O) groups is 1. The van der Waals surface area contributed by atoms with Crippen LogP contribution < -0.4 is 4.90 Å². The Balaban J connectivity index is 1.88. The van der Waals surface area contributed by atoms with Crippen molar-refractivity contribution < 1.29 is 9.53 Å². The lowest BCUT2D eigenvalue weighted by Crippen LogP contribution is -2.34. The number of para-hydroxylation sites is 2. The number of rotatable bonds is 3. The van der Waals surface area contributed by atoms with Gasteiger partial charge in [-0.3, -0.25) is 9.20 Å². The lowest BCUT2D eigenvalue weighted by atomic mass is 9.90. The third-order valence-corrected chi connectivity index (χ3v) is 5.43. The molecule has 3 aromatic rings. The third-order valence-electron chi connectivity index (χ3n) is 5.43. The molecule has 6 heteroatoms. The van der Waals surface area contributed by atoms with Crippen molar-refractivity contribution in [2.75, 3.05) is 24.6 Å². The number of hydrogen-bond acceptors (Lipinski definition) is 5. The maximum Gasteiger partial charge on any atom is 0.313 e. The molecule has 0 saturated carbocycles. The lowest BCUT2D eigenvalue weighted by Gasteiger charge is -2.25. The molecular weight excluding hydrogens is 340 g/mol. The van der Waals surface area contributed by atoms with Crippen LogP contribution in [0.5, 0.6) is 0 Å². The van der Waals surface area contributed by atoms with Gasteiger partial charge in [0.25, 0.3) is 0 Å². The standard InChI is InChI=1S/C21H22N4O2/c1-4-27-20(26)21(3)9-10-24(13-21)18-11-14(2)15(12-22)19-23-16-7-5-6-8-17(16)25(18)19/h5-8,11H,4,9-10,13H2,1-3H3. The summed E-state index contributed by atoms with van der Waals surface area (Å²) in [6.45, 7) is 7.45. The summed E-state index contributed by atoms with van der Waals surface area (Å²) in [5.41, 5.74) is 3.43. The minimum absolute atomic E-state index is 0.149. The maximum absolute atomic E-state index is 12.4. The molecule has 0 radical (unpaired) electrons. The van der Waals surface area contributed by atoms with Crippen molar-refractivity contribution in [3.05, 3.63) is 41.5 Å². The van der Waals surface area contributed by atoms with Crippen LogP contribution in [0.2, 0.25) is 0 Å². The fourth-order valence-corrected chi connectivity index (χ4v) is 3.93. The van der Waals surface area contributed by atoms with Crippen molar-refractivity contribution in [2.24, 2.45) is 5.41 Å². The Labute approximate surface area is 158 Å². The molecule has 0 spiro atoms. The van der Waals surface area contributed by atoms with E-state index < -0.39 is 5.41 Å². The Kier molecular flexibility index (Phi) is 4.03. The molecule has 0 amide bonds. The summed E-state index contributed by atoms with van der Waals surface area (Å²) < 4.78 is 7.33. The number of aryl methyl sites for hydroxylation is 1. The lowest BCUT2D eigenvalue weighted by molar-refractivity contribution is -0.153. The van der Waals surface area contributed by atoms with Gasteiger partial charge in [-0.1, -0.05) is 12.1 Å². The number of imidazole rings is 1. The molecule has 1 atom stereocenters. The summed E-state index contributed by atoms with van der Waals surface area (Å²) in [5.74, 6) is 0.813. The second-order valence-corrected chi connectivity index (χ2v) is 7.38. The molecule has 1 unspecified atom stereocenters. The number of pyridine rings is 1. The topological polar surface area (TPSA) is 70.6 Å². The number of ether oxygens (including phenoxy) is 1. The minimum Gasteiger partial charge on any atom is -0.466 e. The van der Waals surface area contributed by atoms with E-state index in [4.69, 9.17) is 9.72 Å². The van der Waals surface area contributed by atoms with Gasteiger partial charge in [0.15, 0.2) is 5.65 Å². The molecule has 1 saturated heterocycles. The van der Waals surface area contributed by atoms with E-state index in [9.17, 15) is 10.1 Å². The fraction of sp³-hybridized carbons (Fsp3) is 0.381. The van der Waals surface area contributed by atoms with Crippen LogP contribution in [-0.2, 0) is 9.53 Å². The molecule has 4 rings (SSSR count). The zero-order chi connectivity index (χ0) is 19.2. The molecule has 0 aliphatic carbocycles. The fourth-order valence-electron chi connectivity index (χ4n) is 3.93. The quantitative estimate of drug-likeness (QED) is 0.668. The van der Waals surface area contributed by atoms with Crippen LogP contribution in [-0.4, -0.2) is 35.1 Å². The number of fused-ring (bicyclic) bond motifs is 3. The Morgan fingerprint density at radius 3 is 2.93 bits per heavy atom. The average molecular weight is 362 g/mol. The molecule has 138 valence electrons. The molecule has 2 aromatic heterocycles. The molecule has 0 N–H and O–H groups in total. The second kappa shape index (κ2) is 6.27. The van der Waals surface area contributed by atoms with Gasteiger partial charge in [0.05, 0.1) is 28.6 Å². The van der Waals surface area contributed by atoms with Gasteiger partial charge in [-0.2, -0.15) is 5.26 Å². The molecule has 1 aliphatic heterocycles. The third kappa shape index (κ3) is 2.62. The highest BCUT2D eigenvalue weighted by Gasteiger charge is 2.42. The van der Waals surface area contributed by atoms with Crippen molar-refractivity contribution in [2.45, 2.75) is 27.2 Å². The Morgan fingerprint density at radius 1 is 1.41 bits per heavy atom. The van der Waals surface area contributed by atoms with Crippen molar-refractivity contribution in [1.29, 1.82) is 5.26 Å². The Bertz CT molecular complexity index is 1090. The van der Waals surface area contributed by atoms with Gasteiger partial charge in [-0.15, -0.1) is 0 Å². The molecule has 1 aromatic carbocycles. The molecule has 1 aliphatic rings. The number of carbonyl (C=O) groups excluding carboxylic acids is 1. The van der Waals surface area contributed by atoms with Crippen LogP contribution in [0.3, 0.4) is 0 Å². The van der Waals surface area contributed by atoms with E-state index in [0.29, 0.717) is 24.4 Å². The van der Waals surface area contributed by atoms with E-state index in [1.807, 2.05) is 55.5 Å². The summed E-state index contributed by atoms with van der Waals surface area (Å²) in [6.07, 6.45) is 0.735. The first-order valence-electron chi connectivity index (χ1n) is 9.21. The summed E-state index contributed by atoms with van der Waals surface area (Å²) in [7, 11) is 0. The van der Waals surface area contributed by atoms with E-state index in [1.165, 1.54) is 0 Å². The highest BCUT2D eigenvalue weighted by molar-refractivity contribution is 5.86. The highest BCUT2D eigenvalue weighted by Crippen LogP contribution is 2.37. The highest BCUT2D eigenvalue weighted by atomic mass is 16.5. The van der Waals surface area contributed by atoms with Crippen molar-refractivity contribution in [3.63, 3.8) is 0 Å². The van der Waals surface area contributed by atoms with E-state index in [0.717, 1.165) is 35.4 Å². The van der Waals surface area contributed by atoms with Crippen LogP contribution in [0, 0.1) is 23.7 Å². The molecule has 3 heterocycles. The maximum atomic E-state index is 12.4. The van der Waals surface area contributed by atoms with Gasteiger partial charge in [0.1, 0.15) is 11.9 Å². The van der Waals surface area contributed by atoms with Crippen LogP contribution >= 0.6 is 0 Å². The van der Waals surface area contributed by atoms with Gasteiger partial charge in [-0.25, -0.2) is 4.98 Å². The average Bonchev–Trinajstić information content (AvgIpc) is 3.23. The van der Waals surface area contributed by atoms with Gasteiger partial charge in [0.2, 0.25) is 0 Å². The second-order valence-electron chi connectivity index (χ2n) is 7.38. The Hall–Kier alpha value is -3.07. The molecule has 27 heavy (non-hydrogen) atoms. The first-order valence-corrected chi connectivity index (χ1v) is 9.21. The van der Waals surface area contributed by atoms with Crippen molar-refractivity contribution in [3.8, 4) is 6.07 Å². The van der Waals surface area contributed by atoms with Gasteiger partial charge in [0, 0.05) is 13.1 Å². The van der Waals surface area contributed by atoms with Crippen LogP contribution in [0.25, 0.3) is 16.7 Å². The van der Waals surface area contributed by atoms with E-state index in [2.05, 4.69) is 11.0 Å². The number of nitrogens with zero attached hydrogens (tertiary/aromatic N) is 4. The summed E-state index contributed by atoms with van der Waals surface area (Å²) in [4.78, 5) is 19.3. The predicted molar refractivity (Wildman–Crippen MR) is 104 cm³/mol. The monoisotopic (exact) mass is 362 g/mol. The van der Waals surface area contributed by atoms with Gasteiger partial charge < -0.3 is 9.64 Å². The number of anilines is 1. The number of aromatic nitrogens is 2. The zero-order valence-corrected chi connectivity index (χ0v) is 15.8. The Morgan fingerprint density at radius 2 is 2.19 bits per heavy atom. The van der Waals surface area contributed by atoms with Gasteiger partial charge >= 0.3 is 5.97 Å². The zero-order valence-electron chi connectivity index (χ0n) is 15.8. The largest absolute Gasteiger partial charge is 0.466 e.